The second-order valence-electron chi connectivity index (χ2n) is 5.54. The summed E-state index contributed by atoms with van der Waals surface area (Å²) in [6.45, 7) is 1.97. The third-order valence-electron chi connectivity index (χ3n) is 4.18. The van der Waals surface area contributed by atoms with Crippen molar-refractivity contribution in [1.29, 1.82) is 0 Å². The summed E-state index contributed by atoms with van der Waals surface area (Å²) in [5.41, 5.74) is 1.79. The van der Waals surface area contributed by atoms with E-state index in [9.17, 15) is 14.7 Å². The van der Waals surface area contributed by atoms with Gasteiger partial charge in [0.25, 0.3) is 0 Å². The molecule has 2 N–H and O–H groups in total. The average Bonchev–Trinajstić information content (AvgIpc) is 3.01. The molecule has 2 fully saturated rings. The predicted octanol–water partition coefficient (Wildman–Crippen LogP) is 1.81. The van der Waals surface area contributed by atoms with Crippen LogP contribution in [0.15, 0.2) is 24.3 Å². The van der Waals surface area contributed by atoms with Crippen molar-refractivity contribution in [3.05, 3.63) is 29.8 Å². The van der Waals surface area contributed by atoms with Crippen molar-refractivity contribution in [2.24, 2.45) is 11.8 Å². The molecule has 2 saturated heterocycles. The topological polar surface area (TPSA) is 75.6 Å². The predicted molar refractivity (Wildman–Crippen MR) is 72.3 cm³/mol. The van der Waals surface area contributed by atoms with Gasteiger partial charge >= 0.3 is 5.97 Å². The molecule has 2 bridgehead atoms. The Kier molecular flexibility index (Phi) is 3.22. The molecule has 3 rings (SSSR count). The first-order chi connectivity index (χ1) is 9.56. The molecular formula is C15H17NO4. The molecule has 0 spiro atoms. The number of benzene rings is 1. The highest BCUT2D eigenvalue weighted by Crippen LogP contribution is 2.44. The molecule has 0 aromatic heterocycles. The summed E-state index contributed by atoms with van der Waals surface area (Å²) in [5.74, 6) is -2.51. The number of aliphatic carboxylic acids is 1. The highest BCUT2D eigenvalue weighted by atomic mass is 16.5. The van der Waals surface area contributed by atoms with Gasteiger partial charge in [-0.3, -0.25) is 9.59 Å². The van der Waals surface area contributed by atoms with E-state index in [4.69, 9.17) is 4.74 Å². The molecule has 0 saturated carbocycles. The van der Waals surface area contributed by atoms with E-state index in [0.717, 1.165) is 18.4 Å². The van der Waals surface area contributed by atoms with Crippen molar-refractivity contribution in [3.63, 3.8) is 0 Å². The largest absolute Gasteiger partial charge is 0.481 e. The summed E-state index contributed by atoms with van der Waals surface area (Å²) >= 11 is 0. The van der Waals surface area contributed by atoms with E-state index in [-0.39, 0.29) is 18.1 Å². The Balaban J connectivity index is 1.76. The van der Waals surface area contributed by atoms with Crippen molar-refractivity contribution in [3.8, 4) is 0 Å². The zero-order valence-electron chi connectivity index (χ0n) is 11.2. The molecule has 5 nitrogen and oxygen atoms in total. The molecular weight excluding hydrogens is 258 g/mol. The maximum Gasteiger partial charge on any atom is 0.310 e. The van der Waals surface area contributed by atoms with Gasteiger partial charge in [-0.15, -0.1) is 0 Å². The number of hydrogen-bond donors (Lipinski definition) is 2. The van der Waals surface area contributed by atoms with Crippen molar-refractivity contribution in [2.45, 2.75) is 32.0 Å². The minimum Gasteiger partial charge on any atom is -0.481 e. The second kappa shape index (κ2) is 4.90. The van der Waals surface area contributed by atoms with Crippen LogP contribution in [0.5, 0.6) is 0 Å². The molecule has 1 aromatic rings. The molecule has 2 heterocycles. The summed E-state index contributed by atoms with van der Waals surface area (Å²) < 4.78 is 5.60. The van der Waals surface area contributed by atoms with Crippen LogP contribution >= 0.6 is 0 Å². The Labute approximate surface area is 116 Å². The number of carbonyl (C=O) groups is 2. The monoisotopic (exact) mass is 275 g/mol. The Bertz CT molecular complexity index is 539. The van der Waals surface area contributed by atoms with Crippen LogP contribution in [0.3, 0.4) is 0 Å². The van der Waals surface area contributed by atoms with Crippen molar-refractivity contribution >= 4 is 17.6 Å². The molecule has 2 aliphatic rings. The summed E-state index contributed by atoms with van der Waals surface area (Å²) in [7, 11) is 0. The highest BCUT2D eigenvalue weighted by Gasteiger charge is 2.55. The van der Waals surface area contributed by atoms with Gasteiger partial charge in [0.2, 0.25) is 5.91 Å². The van der Waals surface area contributed by atoms with E-state index in [1.807, 2.05) is 31.2 Å². The van der Waals surface area contributed by atoms with E-state index >= 15 is 0 Å². The lowest BCUT2D eigenvalue weighted by atomic mass is 9.78. The molecule has 1 aromatic carbocycles. The molecule has 0 radical (unpaired) electrons. The van der Waals surface area contributed by atoms with Gasteiger partial charge in [0.15, 0.2) is 0 Å². The van der Waals surface area contributed by atoms with Gasteiger partial charge in [-0.25, -0.2) is 0 Å². The summed E-state index contributed by atoms with van der Waals surface area (Å²) in [6.07, 6.45) is 0.925. The quantitative estimate of drug-likeness (QED) is 0.882. The Hall–Kier alpha value is -1.88. The van der Waals surface area contributed by atoms with Crippen LogP contribution in [-0.2, 0) is 14.3 Å². The zero-order valence-corrected chi connectivity index (χ0v) is 11.2. The molecule has 4 unspecified atom stereocenters. The van der Waals surface area contributed by atoms with Crippen molar-refractivity contribution < 1.29 is 19.4 Å². The minimum atomic E-state index is -0.943. The van der Waals surface area contributed by atoms with Crippen LogP contribution in [0.4, 0.5) is 5.69 Å². The van der Waals surface area contributed by atoms with Crippen LogP contribution in [0.1, 0.15) is 18.4 Å². The van der Waals surface area contributed by atoms with Crippen LogP contribution in [0.2, 0.25) is 0 Å². The van der Waals surface area contributed by atoms with Crippen LogP contribution in [-0.4, -0.2) is 29.2 Å². The molecule has 20 heavy (non-hydrogen) atoms. The summed E-state index contributed by atoms with van der Waals surface area (Å²) in [5, 5.41) is 12.1. The van der Waals surface area contributed by atoms with E-state index in [1.54, 1.807) is 0 Å². The van der Waals surface area contributed by atoms with Crippen LogP contribution in [0, 0.1) is 18.8 Å². The first kappa shape index (κ1) is 13.1. The number of ether oxygens (including phenoxy) is 1. The maximum absolute atomic E-state index is 12.3. The standard InChI is InChI=1S/C15H17NO4/c1-8-2-4-9(5-3-8)16-14(17)12-10-6-7-11(20-10)13(12)15(18)19/h2-5,10-13H,6-7H2,1H3,(H,16,17)(H,18,19). The van der Waals surface area contributed by atoms with Gasteiger partial charge in [0.1, 0.15) is 0 Å². The Morgan fingerprint density at radius 2 is 1.75 bits per heavy atom. The molecule has 1 amide bonds. The van der Waals surface area contributed by atoms with Crippen molar-refractivity contribution in [2.75, 3.05) is 5.32 Å². The number of anilines is 1. The fourth-order valence-corrected chi connectivity index (χ4v) is 3.19. The third kappa shape index (κ3) is 2.18. The lowest BCUT2D eigenvalue weighted by Gasteiger charge is -2.23. The van der Waals surface area contributed by atoms with Gasteiger partial charge in [-0.05, 0) is 31.9 Å². The second-order valence-corrected chi connectivity index (χ2v) is 5.54. The van der Waals surface area contributed by atoms with E-state index in [1.165, 1.54) is 0 Å². The number of fused-ring (bicyclic) bond motifs is 2. The SMILES string of the molecule is Cc1ccc(NC(=O)C2C3CCC(O3)C2C(=O)O)cc1. The van der Waals surface area contributed by atoms with Gasteiger partial charge in [-0.1, -0.05) is 17.7 Å². The number of hydrogen-bond acceptors (Lipinski definition) is 3. The maximum atomic E-state index is 12.3. The van der Waals surface area contributed by atoms with E-state index in [0.29, 0.717) is 5.69 Å². The Morgan fingerprint density at radius 3 is 2.35 bits per heavy atom. The first-order valence-electron chi connectivity index (χ1n) is 6.82. The molecule has 4 atom stereocenters. The fraction of sp³-hybridized carbons (Fsp3) is 0.467. The molecule has 5 heteroatoms. The smallest absolute Gasteiger partial charge is 0.310 e. The van der Waals surface area contributed by atoms with Crippen molar-refractivity contribution in [1.82, 2.24) is 0 Å². The van der Waals surface area contributed by atoms with Gasteiger partial charge in [0.05, 0.1) is 24.0 Å². The van der Waals surface area contributed by atoms with Crippen LogP contribution < -0.4 is 5.32 Å². The molecule has 2 aliphatic heterocycles. The lowest BCUT2D eigenvalue weighted by molar-refractivity contribution is -0.147. The summed E-state index contributed by atoms with van der Waals surface area (Å²) in [4.78, 5) is 23.7. The van der Waals surface area contributed by atoms with Crippen LogP contribution in [0.25, 0.3) is 0 Å². The normalized spacial score (nSPS) is 31.2. The number of nitrogens with one attached hydrogen (secondary N) is 1. The minimum absolute atomic E-state index is 0.256. The lowest BCUT2D eigenvalue weighted by Crippen LogP contribution is -2.40. The van der Waals surface area contributed by atoms with Gasteiger partial charge in [0, 0.05) is 5.69 Å². The number of carboxylic acids is 1. The Morgan fingerprint density at radius 1 is 1.15 bits per heavy atom. The zero-order chi connectivity index (χ0) is 14.3. The first-order valence-corrected chi connectivity index (χ1v) is 6.82. The number of carboxylic acid groups (broad SMARTS) is 1. The highest BCUT2D eigenvalue weighted by molar-refractivity contribution is 5.96. The van der Waals surface area contributed by atoms with E-state index in [2.05, 4.69) is 5.32 Å². The average molecular weight is 275 g/mol. The summed E-state index contributed by atoms with van der Waals surface area (Å²) in [6, 6.07) is 7.44. The fourth-order valence-electron chi connectivity index (χ4n) is 3.19. The number of rotatable bonds is 3. The van der Waals surface area contributed by atoms with E-state index < -0.39 is 17.8 Å². The molecule has 0 aliphatic carbocycles. The van der Waals surface area contributed by atoms with Gasteiger partial charge in [-0.2, -0.15) is 0 Å². The van der Waals surface area contributed by atoms with Gasteiger partial charge < -0.3 is 15.2 Å². The molecule has 106 valence electrons. The number of amides is 1. The number of aryl methyl sites for hydroxylation is 1. The third-order valence-corrected chi connectivity index (χ3v) is 4.18. The number of carbonyl (C=O) groups excluding carboxylic acids is 1.